The Hall–Kier alpha value is -4.02. The van der Waals surface area contributed by atoms with Gasteiger partial charge in [0.15, 0.2) is 0 Å². The number of hydroxylamine groups is 1. The summed E-state index contributed by atoms with van der Waals surface area (Å²) in [4.78, 5) is 53.5. The summed E-state index contributed by atoms with van der Waals surface area (Å²) in [5.74, 6) is -3.55. The molecule has 3 amide bonds. The number of Topliss-reactive ketones (excluding diaryl/α,β-unsaturated/α-hetero) is 1. The van der Waals surface area contributed by atoms with Crippen molar-refractivity contribution in [2.24, 2.45) is 11.3 Å². The molecule has 1 aromatic heterocycles. The van der Waals surface area contributed by atoms with E-state index in [0.29, 0.717) is 24.2 Å². The number of aliphatic hydroxyl groups excluding tert-OH is 1. The van der Waals surface area contributed by atoms with E-state index in [9.17, 15) is 24.3 Å². The van der Waals surface area contributed by atoms with Crippen molar-refractivity contribution in [1.29, 1.82) is 0 Å². The van der Waals surface area contributed by atoms with Crippen molar-refractivity contribution < 1.29 is 29.5 Å². The summed E-state index contributed by atoms with van der Waals surface area (Å²) in [7, 11) is 0. The lowest BCUT2D eigenvalue weighted by Gasteiger charge is -2.32. The number of carbonyl (C=O) groups is 4. The number of hydrogen-bond acceptors (Lipinski definition) is 6. The van der Waals surface area contributed by atoms with Crippen LogP contribution in [-0.2, 0) is 20.8 Å². The smallest absolute Gasteiger partial charge is 0.272 e. The second kappa shape index (κ2) is 12.7. The van der Waals surface area contributed by atoms with Crippen LogP contribution < -0.4 is 16.1 Å². The molecule has 0 aliphatic heterocycles. The van der Waals surface area contributed by atoms with E-state index >= 15 is 0 Å². The number of aryl methyl sites for hydroxylation is 1. The van der Waals surface area contributed by atoms with Crippen LogP contribution >= 0.6 is 0 Å². The minimum atomic E-state index is -1.83. The summed E-state index contributed by atoms with van der Waals surface area (Å²) in [5, 5.41) is 26.0. The van der Waals surface area contributed by atoms with Crippen molar-refractivity contribution in [3.8, 4) is 0 Å². The van der Waals surface area contributed by atoms with Gasteiger partial charge < -0.3 is 20.7 Å². The van der Waals surface area contributed by atoms with Crippen LogP contribution in [0.5, 0.6) is 0 Å². The average molecular weight is 537 g/mol. The number of H-pyrrole nitrogens is 1. The predicted molar refractivity (Wildman–Crippen MR) is 147 cm³/mol. The maximum absolute atomic E-state index is 13.5. The van der Waals surface area contributed by atoms with E-state index in [1.165, 1.54) is 12.4 Å². The fourth-order valence-electron chi connectivity index (χ4n) is 4.50. The third kappa shape index (κ3) is 7.75. The molecule has 0 saturated carbocycles. The van der Waals surface area contributed by atoms with E-state index in [2.05, 4.69) is 15.6 Å². The lowest BCUT2D eigenvalue weighted by Crippen LogP contribution is -2.53. The minimum Gasteiger partial charge on any atom is -0.382 e. The van der Waals surface area contributed by atoms with Gasteiger partial charge >= 0.3 is 0 Å². The van der Waals surface area contributed by atoms with Crippen LogP contribution in [0.4, 0.5) is 5.69 Å². The van der Waals surface area contributed by atoms with Gasteiger partial charge in [-0.15, -0.1) is 0 Å². The van der Waals surface area contributed by atoms with Crippen LogP contribution in [0.15, 0.2) is 54.6 Å². The molecule has 10 nitrogen and oxygen atoms in total. The molecule has 0 radical (unpaired) electrons. The highest BCUT2D eigenvalue weighted by Crippen LogP contribution is 2.26. The van der Waals surface area contributed by atoms with Crippen molar-refractivity contribution in [3.63, 3.8) is 0 Å². The zero-order valence-electron chi connectivity index (χ0n) is 22.6. The number of benzene rings is 2. The van der Waals surface area contributed by atoms with Crippen LogP contribution in [0.2, 0.25) is 0 Å². The molecule has 3 rings (SSSR count). The van der Waals surface area contributed by atoms with Crippen molar-refractivity contribution >= 4 is 40.1 Å². The van der Waals surface area contributed by atoms with Gasteiger partial charge in [-0.05, 0) is 54.5 Å². The first-order valence-electron chi connectivity index (χ1n) is 12.8. The maximum atomic E-state index is 13.5. The molecule has 0 fully saturated rings. The largest absolute Gasteiger partial charge is 0.382 e. The molecule has 39 heavy (non-hydrogen) atoms. The molecule has 0 unspecified atom stereocenters. The Morgan fingerprint density at radius 2 is 1.69 bits per heavy atom. The van der Waals surface area contributed by atoms with Gasteiger partial charge in [0, 0.05) is 23.5 Å². The Kier molecular flexibility index (Phi) is 9.61. The first-order chi connectivity index (χ1) is 18.4. The van der Waals surface area contributed by atoms with Gasteiger partial charge in [0.25, 0.3) is 5.91 Å². The number of ketones is 1. The van der Waals surface area contributed by atoms with E-state index in [1.807, 2.05) is 57.2 Å². The average Bonchev–Trinajstić information content (AvgIpc) is 3.32. The lowest BCUT2D eigenvalue weighted by molar-refractivity contribution is -0.146. The second-order valence-electron chi connectivity index (χ2n) is 10.7. The number of amides is 3. The molecule has 0 aliphatic rings. The van der Waals surface area contributed by atoms with Crippen LogP contribution in [0, 0.1) is 11.3 Å². The first-order valence-corrected chi connectivity index (χ1v) is 12.8. The Labute approximate surface area is 227 Å². The Balaban J connectivity index is 1.78. The standard InChI is InChI=1S/C29H36N4O6/c1-17(34)30-20-12-7-9-18(15-20)10-8-13-21(24(35)28(38)33-39)27(37)32-26(29(2,3)4)25(36)23-16-19-11-5-6-14-22(19)31-23/h5-7,9,11-12,14-16,21,24,26,31,35,39H,8,10,13H2,1-4H3,(H,30,34)(H,32,37)(H,33,38)/t21-,24+,26-/m1/s1. The van der Waals surface area contributed by atoms with Gasteiger partial charge in [0.05, 0.1) is 17.7 Å². The Morgan fingerprint density at radius 3 is 2.33 bits per heavy atom. The first kappa shape index (κ1) is 29.5. The van der Waals surface area contributed by atoms with Crippen LogP contribution in [0.3, 0.4) is 0 Å². The fraction of sp³-hybridized carbons (Fsp3) is 0.379. The van der Waals surface area contributed by atoms with E-state index in [0.717, 1.165) is 16.5 Å². The van der Waals surface area contributed by atoms with Crippen LogP contribution in [-0.4, -0.2) is 50.9 Å². The predicted octanol–water partition coefficient (Wildman–Crippen LogP) is 3.35. The summed E-state index contributed by atoms with van der Waals surface area (Å²) in [6, 6.07) is 15.4. The Morgan fingerprint density at radius 1 is 0.974 bits per heavy atom. The van der Waals surface area contributed by atoms with Gasteiger partial charge in [0.2, 0.25) is 17.6 Å². The van der Waals surface area contributed by atoms with Crippen LogP contribution in [0.25, 0.3) is 10.9 Å². The maximum Gasteiger partial charge on any atom is 0.272 e. The number of carbonyl (C=O) groups excluding carboxylic acids is 4. The molecule has 208 valence electrons. The van der Waals surface area contributed by atoms with Crippen molar-refractivity contribution in [1.82, 2.24) is 15.8 Å². The van der Waals surface area contributed by atoms with Gasteiger partial charge in [-0.1, -0.05) is 51.1 Å². The summed E-state index contributed by atoms with van der Waals surface area (Å²) in [6.07, 6.45) is -0.818. The number of aromatic nitrogens is 1. The normalized spacial score (nSPS) is 13.8. The molecule has 3 aromatic rings. The quantitative estimate of drug-likeness (QED) is 0.125. The highest BCUT2D eigenvalue weighted by molar-refractivity contribution is 6.04. The van der Waals surface area contributed by atoms with Gasteiger partial charge in [-0.2, -0.15) is 0 Å². The molecule has 0 bridgehead atoms. The van der Waals surface area contributed by atoms with Gasteiger partial charge in [-0.3, -0.25) is 24.4 Å². The molecular formula is C29H36N4O6. The lowest BCUT2D eigenvalue weighted by atomic mass is 9.82. The molecule has 10 heteroatoms. The number of para-hydroxylation sites is 1. The SMILES string of the molecule is CC(=O)Nc1cccc(CCC[C@@H](C(=O)N[C@H](C(=O)c2cc3ccccc3[nH]2)C(C)(C)C)[C@H](O)C(=O)NO)c1. The van der Waals surface area contributed by atoms with Crippen molar-refractivity contribution in [3.05, 3.63) is 65.9 Å². The van der Waals surface area contributed by atoms with E-state index in [4.69, 9.17) is 5.21 Å². The molecule has 2 aromatic carbocycles. The molecule has 1 heterocycles. The van der Waals surface area contributed by atoms with Crippen molar-refractivity contribution in [2.45, 2.75) is 59.1 Å². The molecule has 0 saturated heterocycles. The van der Waals surface area contributed by atoms with E-state index < -0.39 is 35.3 Å². The van der Waals surface area contributed by atoms with Gasteiger partial charge in [0.1, 0.15) is 6.10 Å². The van der Waals surface area contributed by atoms with Gasteiger partial charge in [-0.25, -0.2) is 5.48 Å². The minimum absolute atomic E-state index is 0.0994. The number of nitrogens with one attached hydrogen (secondary N) is 4. The molecule has 3 atom stereocenters. The van der Waals surface area contributed by atoms with E-state index in [-0.39, 0.29) is 18.1 Å². The third-order valence-electron chi connectivity index (χ3n) is 6.53. The number of fused-ring (bicyclic) bond motifs is 1. The number of hydrogen-bond donors (Lipinski definition) is 6. The third-order valence-corrected chi connectivity index (χ3v) is 6.53. The summed E-state index contributed by atoms with van der Waals surface area (Å²) >= 11 is 0. The number of aliphatic hydroxyl groups is 1. The highest BCUT2D eigenvalue weighted by Gasteiger charge is 2.38. The number of anilines is 1. The zero-order valence-corrected chi connectivity index (χ0v) is 22.6. The fourth-order valence-corrected chi connectivity index (χ4v) is 4.50. The summed E-state index contributed by atoms with van der Waals surface area (Å²) in [5.41, 5.74) is 3.36. The zero-order chi connectivity index (χ0) is 28.7. The van der Waals surface area contributed by atoms with Crippen LogP contribution in [0.1, 0.15) is 56.6 Å². The second-order valence-corrected chi connectivity index (χ2v) is 10.7. The van der Waals surface area contributed by atoms with E-state index in [1.54, 1.807) is 18.2 Å². The molecule has 6 N–H and O–H groups in total. The summed E-state index contributed by atoms with van der Waals surface area (Å²) in [6.45, 7) is 6.85. The number of aromatic amines is 1. The molecular weight excluding hydrogens is 500 g/mol. The summed E-state index contributed by atoms with van der Waals surface area (Å²) < 4.78 is 0. The molecule has 0 aliphatic carbocycles. The topological polar surface area (TPSA) is 161 Å². The highest BCUT2D eigenvalue weighted by atomic mass is 16.5. The number of rotatable bonds is 11. The van der Waals surface area contributed by atoms with Crippen molar-refractivity contribution in [2.75, 3.05) is 5.32 Å². The monoisotopic (exact) mass is 536 g/mol. The Bertz CT molecular complexity index is 1310. The molecule has 0 spiro atoms.